The molecule has 1 aliphatic rings. The van der Waals surface area contributed by atoms with Crippen molar-refractivity contribution in [2.45, 2.75) is 32.9 Å². The maximum atomic E-state index is 11.9. The molecule has 2 heterocycles. The molecule has 0 radical (unpaired) electrons. The number of thioether (sulfide) groups is 1. The Morgan fingerprint density at radius 3 is 3.05 bits per heavy atom. The summed E-state index contributed by atoms with van der Waals surface area (Å²) in [6, 6.07) is 0. The van der Waals surface area contributed by atoms with E-state index in [0.29, 0.717) is 23.2 Å². The van der Waals surface area contributed by atoms with Crippen molar-refractivity contribution in [2.24, 2.45) is 0 Å². The molecule has 0 atom stereocenters. The van der Waals surface area contributed by atoms with Gasteiger partial charge in [0.25, 0.3) is 0 Å². The first-order valence-corrected chi connectivity index (χ1v) is 7.62. The molecule has 9 heteroatoms. The number of carbonyl (C=O) groups excluding carboxylic acids is 2. The molecule has 2 rings (SSSR count). The number of hydrogen-bond acceptors (Lipinski definition) is 7. The number of nitrogens with zero attached hydrogens (tertiary/aromatic N) is 5. The summed E-state index contributed by atoms with van der Waals surface area (Å²) in [4.78, 5) is 24.8. The summed E-state index contributed by atoms with van der Waals surface area (Å²) in [6.07, 6.45) is 3.31. The molecule has 0 saturated carbocycles. The van der Waals surface area contributed by atoms with Gasteiger partial charge in [0.1, 0.15) is 0 Å². The Kier molecular flexibility index (Phi) is 5.32. The van der Waals surface area contributed by atoms with Crippen molar-refractivity contribution < 1.29 is 14.3 Å². The van der Waals surface area contributed by atoms with Crippen LogP contribution in [0.1, 0.15) is 25.6 Å². The number of hydrogen-bond donors (Lipinski definition) is 0. The molecule has 0 spiro atoms. The molecule has 1 aromatic rings. The lowest BCUT2D eigenvalue weighted by Gasteiger charge is -2.16. The Morgan fingerprint density at radius 1 is 1.52 bits per heavy atom. The number of aromatic nitrogens is 4. The van der Waals surface area contributed by atoms with Gasteiger partial charge in [-0.3, -0.25) is 9.69 Å². The van der Waals surface area contributed by atoms with Crippen LogP contribution in [0.4, 0.5) is 0 Å². The van der Waals surface area contributed by atoms with E-state index in [-0.39, 0.29) is 12.5 Å². The lowest BCUT2D eigenvalue weighted by atomic mass is 10.3. The Morgan fingerprint density at radius 2 is 2.33 bits per heavy atom. The minimum absolute atomic E-state index is 0.0693. The highest BCUT2D eigenvalue weighted by Gasteiger charge is 2.29. The van der Waals surface area contributed by atoms with Gasteiger partial charge < -0.3 is 4.74 Å². The van der Waals surface area contributed by atoms with E-state index in [1.807, 2.05) is 0 Å². The topological polar surface area (TPSA) is 90.2 Å². The lowest BCUT2D eigenvalue weighted by molar-refractivity contribution is -0.134. The molecule has 0 bridgehead atoms. The Bertz CT molecular complexity index is 557. The van der Waals surface area contributed by atoms with Crippen molar-refractivity contribution in [2.75, 3.05) is 12.9 Å². The van der Waals surface area contributed by atoms with E-state index in [4.69, 9.17) is 0 Å². The molecule has 0 aliphatic carbocycles. The Hall–Kier alpha value is -1.90. The first-order valence-electron chi connectivity index (χ1n) is 6.63. The van der Waals surface area contributed by atoms with Crippen LogP contribution in [0.25, 0.3) is 0 Å². The van der Waals surface area contributed by atoms with E-state index in [2.05, 4.69) is 27.2 Å². The number of ether oxygens (including phenoxy) is 1. The van der Waals surface area contributed by atoms with Gasteiger partial charge >= 0.3 is 5.97 Å². The summed E-state index contributed by atoms with van der Waals surface area (Å²) < 4.78 is 6.29. The van der Waals surface area contributed by atoms with Crippen molar-refractivity contribution >= 4 is 23.6 Å². The van der Waals surface area contributed by atoms with E-state index in [1.165, 1.54) is 29.8 Å². The monoisotopic (exact) mass is 311 g/mol. The SMILES string of the molecule is CCCCn1nnnc1CN1C(=O)CS/C1=C/C(=O)OC. The molecular formula is C12H17N5O3S. The van der Waals surface area contributed by atoms with Gasteiger partial charge in [-0.15, -0.1) is 5.10 Å². The second-order valence-electron chi connectivity index (χ2n) is 4.45. The van der Waals surface area contributed by atoms with Crippen molar-refractivity contribution in [1.82, 2.24) is 25.1 Å². The van der Waals surface area contributed by atoms with E-state index in [0.717, 1.165) is 12.8 Å². The third-order valence-electron chi connectivity index (χ3n) is 2.98. The Balaban J connectivity index is 2.13. The van der Waals surface area contributed by atoms with Crippen LogP contribution >= 0.6 is 11.8 Å². The average Bonchev–Trinajstić information content (AvgIpc) is 3.06. The first-order chi connectivity index (χ1) is 10.2. The summed E-state index contributed by atoms with van der Waals surface area (Å²) in [5, 5.41) is 12.1. The number of rotatable bonds is 6. The van der Waals surface area contributed by atoms with Crippen LogP contribution < -0.4 is 0 Å². The molecule has 0 unspecified atom stereocenters. The van der Waals surface area contributed by atoms with Crippen molar-refractivity contribution in [3.05, 3.63) is 16.9 Å². The van der Waals surface area contributed by atoms with Crippen molar-refractivity contribution in [1.29, 1.82) is 0 Å². The second kappa shape index (κ2) is 7.21. The van der Waals surface area contributed by atoms with Crippen molar-refractivity contribution in [3.8, 4) is 0 Å². The number of esters is 1. The summed E-state index contributed by atoms with van der Waals surface area (Å²) in [6.45, 7) is 3.05. The minimum atomic E-state index is -0.484. The van der Waals surface area contributed by atoms with Crippen LogP contribution in [0.5, 0.6) is 0 Å². The zero-order valence-electron chi connectivity index (χ0n) is 12.0. The van der Waals surface area contributed by atoms with Gasteiger partial charge in [-0.2, -0.15) is 0 Å². The maximum Gasteiger partial charge on any atom is 0.333 e. The van der Waals surface area contributed by atoms with Crippen LogP contribution in [0, 0.1) is 0 Å². The fourth-order valence-corrected chi connectivity index (χ4v) is 2.75. The van der Waals surface area contributed by atoms with Crippen molar-refractivity contribution in [3.63, 3.8) is 0 Å². The smallest absolute Gasteiger partial charge is 0.333 e. The lowest BCUT2D eigenvalue weighted by Crippen LogP contribution is -2.26. The highest BCUT2D eigenvalue weighted by Crippen LogP contribution is 2.30. The summed E-state index contributed by atoms with van der Waals surface area (Å²) >= 11 is 1.31. The van der Waals surface area contributed by atoms with Gasteiger partial charge in [-0.05, 0) is 16.8 Å². The number of carbonyl (C=O) groups is 2. The number of tetrazole rings is 1. The van der Waals surface area contributed by atoms with Gasteiger partial charge in [0.15, 0.2) is 5.82 Å². The molecular weight excluding hydrogens is 294 g/mol. The highest BCUT2D eigenvalue weighted by atomic mass is 32.2. The van der Waals surface area contributed by atoms with E-state index in [9.17, 15) is 9.59 Å². The Labute approximate surface area is 126 Å². The van der Waals surface area contributed by atoms with Crippen LogP contribution in [0.2, 0.25) is 0 Å². The van der Waals surface area contributed by atoms with E-state index < -0.39 is 5.97 Å². The molecule has 21 heavy (non-hydrogen) atoms. The summed E-state index contributed by atoms with van der Waals surface area (Å²) in [5.41, 5.74) is 0. The number of amides is 1. The first kappa shape index (κ1) is 15.5. The molecule has 114 valence electrons. The standard InChI is InChI=1S/C12H17N5O3S/c1-3-4-5-17-9(13-14-15-17)7-16-10(18)8-21-11(16)6-12(19)20-2/h6H,3-5,7-8H2,1-2H3/b11-6+. The molecule has 1 saturated heterocycles. The zero-order valence-corrected chi connectivity index (χ0v) is 12.8. The van der Waals surface area contributed by atoms with Gasteiger partial charge in [0.05, 0.1) is 30.5 Å². The third kappa shape index (κ3) is 3.81. The molecule has 0 N–H and O–H groups in total. The number of methoxy groups -OCH3 is 1. The number of aryl methyl sites for hydroxylation is 1. The zero-order chi connectivity index (χ0) is 15.2. The molecule has 1 amide bonds. The van der Waals surface area contributed by atoms with Crippen LogP contribution in [-0.2, 0) is 27.4 Å². The third-order valence-corrected chi connectivity index (χ3v) is 4.01. The highest BCUT2D eigenvalue weighted by molar-refractivity contribution is 8.04. The molecule has 1 aliphatic heterocycles. The molecule has 0 aromatic carbocycles. The largest absolute Gasteiger partial charge is 0.466 e. The average molecular weight is 311 g/mol. The summed E-state index contributed by atoms with van der Waals surface area (Å²) in [5.74, 6) is 0.359. The summed E-state index contributed by atoms with van der Waals surface area (Å²) in [7, 11) is 1.30. The van der Waals surface area contributed by atoms with Crippen LogP contribution in [0.3, 0.4) is 0 Å². The normalized spacial score (nSPS) is 16.8. The van der Waals surface area contributed by atoms with E-state index >= 15 is 0 Å². The predicted octanol–water partition coefficient (Wildman–Crippen LogP) is 0.563. The van der Waals surface area contributed by atoms with Gasteiger partial charge in [0, 0.05) is 6.54 Å². The molecule has 1 fully saturated rings. The van der Waals surface area contributed by atoms with Crippen LogP contribution in [0.15, 0.2) is 11.1 Å². The quantitative estimate of drug-likeness (QED) is 0.560. The molecule has 1 aromatic heterocycles. The van der Waals surface area contributed by atoms with Crippen LogP contribution in [-0.4, -0.2) is 49.8 Å². The number of unbranched alkanes of at least 4 members (excludes halogenated alkanes) is 1. The fourth-order valence-electron chi connectivity index (χ4n) is 1.82. The van der Waals surface area contributed by atoms with Gasteiger partial charge in [-0.25, -0.2) is 9.48 Å². The van der Waals surface area contributed by atoms with Gasteiger partial charge in [-0.1, -0.05) is 25.1 Å². The fraction of sp³-hybridized carbons (Fsp3) is 0.583. The predicted molar refractivity (Wildman–Crippen MR) is 75.8 cm³/mol. The van der Waals surface area contributed by atoms with Gasteiger partial charge in [0.2, 0.25) is 5.91 Å². The minimum Gasteiger partial charge on any atom is -0.466 e. The second-order valence-corrected chi connectivity index (χ2v) is 5.44. The molecule has 8 nitrogen and oxygen atoms in total. The van der Waals surface area contributed by atoms with E-state index in [1.54, 1.807) is 4.68 Å². The maximum absolute atomic E-state index is 11.9.